The highest BCUT2D eigenvalue weighted by Gasteiger charge is 2.22. The summed E-state index contributed by atoms with van der Waals surface area (Å²) in [7, 11) is 0. The third-order valence-electron chi connectivity index (χ3n) is 4.98. The minimum absolute atomic E-state index is 0.166. The number of benzene rings is 3. The van der Waals surface area contributed by atoms with E-state index < -0.39 is 12.3 Å². The van der Waals surface area contributed by atoms with E-state index in [-0.39, 0.29) is 27.8 Å². The van der Waals surface area contributed by atoms with E-state index in [0.717, 1.165) is 10.9 Å². The van der Waals surface area contributed by atoms with E-state index in [1.165, 1.54) is 12.1 Å². The van der Waals surface area contributed by atoms with Gasteiger partial charge in [0.15, 0.2) is 5.76 Å². The number of hydrogen-bond acceptors (Lipinski definition) is 3. The molecule has 0 bridgehead atoms. The maximum atomic E-state index is 13.0. The number of carbonyl (C=O) groups is 2. The highest BCUT2D eigenvalue weighted by atomic mass is 35.5. The fraction of sp³-hybridized carbons (Fsp3) is 0.0833. The summed E-state index contributed by atoms with van der Waals surface area (Å²) in [5.41, 5.74) is 3.08. The molecule has 0 aliphatic carbocycles. The van der Waals surface area contributed by atoms with E-state index in [9.17, 15) is 18.4 Å². The zero-order valence-corrected chi connectivity index (χ0v) is 18.1. The average molecular weight is 474 g/mol. The molecule has 4 aromatic rings. The summed E-state index contributed by atoms with van der Waals surface area (Å²) >= 11 is 12.1. The Bertz CT molecular complexity index is 1360. The third kappa shape index (κ3) is 4.24. The minimum Gasteiger partial charge on any atom is -0.452 e. The number of fused-ring (bicyclic) bond motifs is 1. The van der Waals surface area contributed by atoms with Gasteiger partial charge in [-0.2, -0.15) is 8.78 Å². The van der Waals surface area contributed by atoms with Gasteiger partial charge in [-0.1, -0.05) is 47.5 Å². The van der Waals surface area contributed by atoms with Crippen LogP contribution in [0, 0.1) is 6.92 Å². The number of amides is 1. The Morgan fingerprint density at radius 1 is 0.969 bits per heavy atom. The summed E-state index contributed by atoms with van der Waals surface area (Å²) in [5.74, 6) is -1.57. The molecule has 0 radical (unpaired) electrons. The molecule has 0 aliphatic heterocycles. The second kappa shape index (κ2) is 8.73. The Hall–Kier alpha value is -3.22. The second-order valence-electron chi connectivity index (χ2n) is 7.09. The number of alkyl halides is 2. The van der Waals surface area contributed by atoms with Crippen molar-refractivity contribution in [3.05, 3.63) is 87.6 Å². The fourth-order valence-electron chi connectivity index (χ4n) is 3.39. The minimum atomic E-state index is -3.11. The van der Waals surface area contributed by atoms with Gasteiger partial charge in [0.25, 0.3) is 5.91 Å². The van der Waals surface area contributed by atoms with Crippen LogP contribution in [0.25, 0.3) is 22.1 Å². The van der Waals surface area contributed by atoms with Crippen molar-refractivity contribution in [3.63, 3.8) is 0 Å². The van der Waals surface area contributed by atoms with Crippen molar-refractivity contribution in [2.24, 2.45) is 0 Å². The van der Waals surface area contributed by atoms with Gasteiger partial charge in [-0.25, -0.2) is 0 Å². The molecule has 32 heavy (non-hydrogen) atoms. The van der Waals surface area contributed by atoms with E-state index in [2.05, 4.69) is 5.32 Å². The van der Waals surface area contributed by atoms with Gasteiger partial charge in [-0.05, 0) is 54.4 Å². The Kier molecular flexibility index (Phi) is 6.00. The largest absolute Gasteiger partial charge is 0.452 e. The summed E-state index contributed by atoms with van der Waals surface area (Å²) < 4.78 is 30.9. The number of nitrogens with one attached hydrogen (secondary N) is 1. The van der Waals surface area contributed by atoms with E-state index in [1.54, 1.807) is 43.3 Å². The van der Waals surface area contributed by atoms with Crippen LogP contribution in [0.3, 0.4) is 0 Å². The van der Waals surface area contributed by atoms with Crippen LogP contribution in [-0.2, 0) is 4.79 Å². The van der Waals surface area contributed by atoms with Gasteiger partial charge in [0.05, 0.1) is 5.02 Å². The van der Waals surface area contributed by atoms with Crippen molar-refractivity contribution >= 4 is 51.5 Å². The van der Waals surface area contributed by atoms with Crippen LogP contribution in [0.5, 0.6) is 0 Å². The number of aryl methyl sites for hydroxylation is 1. The second-order valence-corrected chi connectivity index (χ2v) is 7.93. The predicted molar refractivity (Wildman–Crippen MR) is 121 cm³/mol. The number of hydrogen-bond donors (Lipinski definition) is 1. The van der Waals surface area contributed by atoms with Gasteiger partial charge in [0.1, 0.15) is 5.58 Å². The molecule has 1 aromatic heterocycles. The lowest BCUT2D eigenvalue weighted by molar-refractivity contribution is -0.126. The first kappa shape index (κ1) is 22.0. The van der Waals surface area contributed by atoms with Crippen molar-refractivity contribution in [2.75, 3.05) is 5.32 Å². The first-order valence-corrected chi connectivity index (χ1v) is 10.2. The van der Waals surface area contributed by atoms with Crippen LogP contribution in [0.15, 0.2) is 65.1 Å². The van der Waals surface area contributed by atoms with Gasteiger partial charge in [0, 0.05) is 27.2 Å². The first-order chi connectivity index (χ1) is 15.2. The molecule has 1 N–H and O–H groups in total. The molecule has 0 spiro atoms. The van der Waals surface area contributed by atoms with Gasteiger partial charge >= 0.3 is 6.43 Å². The van der Waals surface area contributed by atoms with E-state index in [0.29, 0.717) is 21.7 Å². The highest BCUT2D eigenvalue weighted by Crippen LogP contribution is 2.33. The van der Waals surface area contributed by atoms with Crippen LogP contribution < -0.4 is 5.32 Å². The van der Waals surface area contributed by atoms with Gasteiger partial charge in [0.2, 0.25) is 5.78 Å². The summed E-state index contributed by atoms with van der Waals surface area (Å²) in [6.45, 7) is 1.78. The van der Waals surface area contributed by atoms with Crippen molar-refractivity contribution in [1.29, 1.82) is 0 Å². The topological polar surface area (TPSA) is 59.3 Å². The molecule has 4 rings (SSSR count). The molecule has 162 valence electrons. The Morgan fingerprint density at radius 2 is 1.72 bits per heavy atom. The normalized spacial score (nSPS) is 11.2. The summed E-state index contributed by atoms with van der Waals surface area (Å²) in [6.07, 6.45) is -3.11. The van der Waals surface area contributed by atoms with E-state index in [4.69, 9.17) is 27.6 Å². The van der Waals surface area contributed by atoms with Gasteiger partial charge in [-0.3, -0.25) is 9.59 Å². The molecular formula is C24H15Cl2F2NO3. The fourth-order valence-corrected chi connectivity index (χ4v) is 3.89. The number of rotatable bonds is 5. The van der Waals surface area contributed by atoms with Crippen molar-refractivity contribution in [3.8, 4) is 11.1 Å². The highest BCUT2D eigenvalue weighted by molar-refractivity contribution is 6.37. The number of carbonyl (C=O) groups excluding carboxylic acids is 2. The maximum absolute atomic E-state index is 13.0. The standard InChI is InChI=1S/C24H15Cl2F2NO3/c1-12-17-7-5-14(13-3-2-4-16(9-13)29-24(31)23(27)28)10-20(17)32-22(12)21(30)18-8-6-15(25)11-19(18)26/h2-11,23H,1H3,(H,29,31). The zero-order chi connectivity index (χ0) is 23.0. The number of anilines is 1. The van der Waals surface area contributed by atoms with E-state index in [1.807, 2.05) is 12.1 Å². The molecule has 0 aliphatic rings. The van der Waals surface area contributed by atoms with Crippen molar-refractivity contribution in [1.82, 2.24) is 0 Å². The molecule has 3 aromatic carbocycles. The third-order valence-corrected chi connectivity index (χ3v) is 5.53. The Morgan fingerprint density at radius 3 is 2.44 bits per heavy atom. The Balaban J connectivity index is 1.70. The molecule has 1 heterocycles. The first-order valence-electron chi connectivity index (χ1n) is 9.47. The van der Waals surface area contributed by atoms with Crippen molar-refractivity contribution < 1.29 is 22.8 Å². The molecular weight excluding hydrogens is 459 g/mol. The number of halogens is 4. The maximum Gasteiger partial charge on any atom is 0.315 e. The van der Waals surface area contributed by atoms with Crippen LogP contribution in [0.1, 0.15) is 21.7 Å². The van der Waals surface area contributed by atoms with E-state index >= 15 is 0 Å². The summed E-state index contributed by atoms with van der Waals surface area (Å²) in [5, 5.41) is 3.57. The molecule has 0 fully saturated rings. The average Bonchev–Trinajstić information content (AvgIpc) is 3.09. The molecule has 4 nitrogen and oxygen atoms in total. The number of ketones is 1. The molecule has 0 atom stereocenters. The van der Waals surface area contributed by atoms with Crippen LogP contribution in [0.2, 0.25) is 10.0 Å². The monoisotopic (exact) mass is 473 g/mol. The SMILES string of the molecule is Cc1c(C(=O)c2ccc(Cl)cc2Cl)oc2cc(-c3cccc(NC(=O)C(F)F)c3)ccc12. The summed E-state index contributed by atoms with van der Waals surface area (Å²) in [6, 6.07) is 16.5. The lowest BCUT2D eigenvalue weighted by Crippen LogP contribution is -2.19. The molecule has 8 heteroatoms. The van der Waals surface area contributed by atoms with Crippen LogP contribution >= 0.6 is 23.2 Å². The molecule has 0 saturated heterocycles. The Labute approximate surface area is 191 Å². The lowest BCUT2D eigenvalue weighted by atomic mass is 10.0. The predicted octanol–water partition coefficient (Wildman–Crippen LogP) is 7.15. The van der Waals surface area contributed by atoms with Gasteiger partial charge in [-0.15, -0.1) is 0 Å². The van der Waals surface area contributed by atoms with Crippen LogP contribution in [0.4, 0.5) is 14.5 Å². The van der Waals surface area contributed by atoms with Crippen molar-refractivity contribution in [2.45, 2.75) is 13.3 Å². The lowest BCUT2D eigenvalue weighted by Gasteiger charge is -2.07. The number of furan rings is 1. The molecule has 0 unspecified atom stereocenters. The van der Waals surface area contributed by atoms with Crippen LogP contribution in [-0.4, -0.2) is 18.1 Å². The summed E-state index contributed by atoms with van der Waals surface area (Å²) in [4.78, 5) is 24.3. The van der Waals surface area contributed by atoms with Gasteiger partial charge < -0.3 is 9.73 Å². The quantitative estimate of drug-likeness (QED) is 0.313. The molecule has 1 amide bonds. The smallest absolute Gasteiger partial charge is 0.315 e. The zero-order valence-electron chi connectivity index (χ0n) is 16.6. The molecule has 0 saturated carbocycles.